The summed E-state index contributed by atoms with van der Waals surface area (Å²) >= 11 is 0. The predicted octanol–water partition coefficient (Wildman–Crippen LogP) is 4.45. The number of anilines is 1. The summed E-state index contributed by atoms with van der Waals surface area (Å²) in [4.78, 5) is 38.6. The molecule has 6 nitrogen and oxygen atoms in total. The van der Waals surface area contributed by atoms with Gasteiger partial charge in [-0.1, -0.05) is 69.4 Å². The molecule has 1 aliphatic rings. The standard InChI is InChI=1S/C23H29N3O3/c1-3-4-5-6-9-14-23(2)21(28)26(22(29)25-23)16-20(27)24-19-13-12-17-10-7-8-11-18(17)15-19/h7-8,10-13,15H,3-6,9,14,16H2,1-2H3,(H,24,27)(H,25,29). The Morgan fingerprint density at radius 2 is 1.76 bits per heavy atom. The number of urea groups is 1. The third kappa shape index (κ3) is 4.94. The molecule has 2 aromatic rings. The highest BCUT2D eigenvalue weighted by molar-refractivity contribution is 6.10. The third-order valence-corrected chi connectivity index (χ3v) is 5.46. The fourth-order valence-electron chi connectivity index (χ4n) is 3.75. The van der Waals surface area contributed by atoms with Gasteiger partial charge in [0.05, 0.1) is 0 Å². The maximum absolute atomic E-state index is 12.8. The molecule has 1 aliphatic heterocycles. The Kier molecular flexibility index (Phi) is 6.52. The Bertz CT molecular complexity index is 911. The lowest BCUT2D eigenvalue weighted by atomic mass is 9.94. The number of nitrogens with one attached hydrogen (secondary N) is 2. The monoisotopic (exact) mass is 395 g/mol. The van der Waals surface area contributed by atoms with Gasteiger partial charge in [-0.05, 0) is 36.2 Å². The summed E-state index contributed by atoms with van der Waals surface area (Å²) in [6.45, 7) is 3.61. The molecule has 1 unspecified atom stereocenters. The van der Waals surface area contributed by atoms with E-state index in [9.17, 15) is 14.4 Å². The zero-order chi connectivity index (χ0) is 20.9. The Morgan fingerprint density at radius 1 is 1.03 bits per heavy atom. The van der Waals surface area contributed by atoms with Crippen LogP contribution in [0.5, 0.6) is 0 Å². The number of carbonyl (C=O) groups is 3. The van der Waals surface area contributed by atoms with E-state index in [2.05, 4.69) is 17.6 Å². The van der Waals surface area contributed by atoms with Crippen LogP contribution in [0.3, 0.4) is 0 Å². The first-order chi connectivity index (χ1) is 13.9. The highest BCUT2D eigenvalue weighted by atomic mass is 16.2. The molecule has 2 N–H and O–H groups in total. The molecule has 3 rings (SSSR count). The molecule has 0 radical (unpaired) electrons. The molecular weight excluding hydrogens is 366 g/mol. The van der Waals surface area contributed by atoms with Crippen molar-refractivity contribution in [1.29, 1.82) is 0 Å². The average Bonchev–Trinajstić information content (AvgIpc) is 2.91. The van der Waals surface area contributed by atoms with Crippen molar-refractivity contribution in [1.82, 2.24) is 10.2 Å². The minimum absolute atomic E-state index is 0.289. The van der Waals surface area contributed by atoms with Gasteiger partial charge in [-0.2, -0.15) is 0 Å². The van der Waals surface area contributed by atoms with Crippen LogP contribution in [0.1, 0.15) is 52.4 Å². The molecule has 0 spiro atoms. The van der Waals surface area contributed by atoms with Crippen LogP contribution < -0.4 is 10.6 Å². The molecule has 0 aromatic heterocycles. The first-order valence-corrected chi connectivity index (χ1v) is 10.4. The van der Waals surface area contributed by atoms with Crippen molar-refractivity contribution >= 4 is 34.3 Å². The van der Waals surface area contributed by atoms with Crippen LogP contribution in [0.4, 0.5) is 10.5 Å². The lowest BCUT2D eigenvalue weighted by Crippen LogP contribution is -2.44. The van der Waals surface area contributed by atoms with Crippen LogP contribution in [0.2, 0.25) is 0 Å². The van der Waals surface area contributed by atoms with Crippen LogP contribution in [-0.2, 0) is 9.59 Å². The van der Waals surface area contributed by atoms with Gasteiger partial charge in [0.25, 0.3) is 5.91 Å². The summed E-state index contributed by atoms with van der Waals surface area (Å²) in [6, 6.07) is 13.0. The zero-order valence-corrected chi connectivity index (χ0v) is 17.2. The van der Waals surface area contributed by atoms with E-state index >= 15 is 0 Å². The Labute approximate surface area is 171 Å². The number of fused-ring (bicyclic) bond motifs is 1. The van der Waals surface area contributed by atoms with Gasteiger partial charge >= 0.3 is 6.03 Å². The number of benzene rings is 2. The maximum Gasteiger partial charge on any atom is 0.325 e. The van der Waals surface area contributed by atoms with Crippen LogP contribution >= 0.6 is 0 Å². The average molecular weight is 396 g/mol. The van der Waals surface area contributed by atoms with Crippen molar-refractivity contribution in [2.45, 2.75) is 57.9 Å². The number of amides is 4. The van der Waals surface area contributed by atoms with Crippen LogP contribution in [0, 0.1) is 0 Å². The summed E-state index contributed by atoms with van der Waals surface area (Å²) < 4.78 is 0. The Hall–Kier alpha value is -2.89. The van der Waals surface area contributed by atoms with Gasteiger partial charge in [0.15, 0.2) is 0 Å². The predicted molar refractivity (Wildman–Crippen MR) is 115 cm³/mol. The lowest BCUT2D eigenvalue weighted by molar-refractivity contribution is -0.133. The Balaban J connectivity index is 1.57. The Morgan fingerprint density at radius 3 is 2.52 bits per heavy atom. The SMILES string of the molecule is CCCCCCCC1(C)NC(=O)N(CC(=O)Nc2ccc3ccccc3c2)C1=O. The zero-order valence-electron chi connectivity index (χ0n) is 17.2. The number of carbonyl (C=O) groups excluding carboxylic acids is 3. The van der Waals surface area contributed by atoms with Crippen LogP contribution in [0.15, 0.2) is 42.5 Å². The number of rotatable bonds is 9. The van der Waals surface area contributed by atoms with E-state index in [4.69, 9.17) is 0 Å². The molecule has 0 bridgehead atoms. The molecule has 154 valence electrons. The number of imide groups is 1. The summed E-state index contributed by atoms with van der Waals surface area (Å²) in [5.41, 5.74) is -0.286. The van der Waals surface area contributed by atoms with E-state index in [0.29, 0.717) is 12.1 Å². The van der Waals surface area contributed by atoms with E-state index in [-0.39, 0.29) is 12.5 Å². The van der Waals surface area contributed by atoms with E-state index in [1.165, 1.54) is 6.42 Å². The summed E-state index contributed by atoms with van der Waals surface area (Å²) in [5, 5.41) is 7.64. The molecule has 6 heteroatoms. The molecule has 0 aliphatic carbocycles. The van der Waals surface area contributed by atoms with Gasteiger partial charge in [0.2, 0.25) is 5.91 Å². The summed E-state index contributed by atoms with van der Waals surface area (Å²) in [6.07, 6.45) is 5.97. The highest BCUT2D eigenvalue weighted by Crippen LogP contribution is 2.24. The topological polar surface area (TPSA) is 78.5 Å². The first-order valence-electron chi connectivity index (χ1n) is 10.4. The van der Waals surface area contributed by atoms with Crippen molar-refractivity contribution in [3.63, 3.8) is 0 Å². The second-order valence-corrected chi connectivity index (χ2v) is 7.93. The number of hydrogen-bond acceptors (Lipinski definition) is 3. The van der Waals surface area contributed by atoms with Crippen LogP contribution in [0.25, 0.3) is 10.8 Å². The van der Waals surface area contributed by atoms with E-state index in [0.717, 1.165) is 41.4 Å². The van der Waals surface area contributed by atoms with Crippen molar-refractivity contribution in [2.75, 3.05) is 11.9 Å². The number of nitrogens with zero attached hydrogens (tertiary/aromatic N) is 1. The molecule has 1 heterocycles. The van der Waals surface area contributed by atoms with Gasteiger partial charge in [-0.15, -0.1) is 0 Å². The normalized spacial score (nSPS) is 18.9. The molecule has 0 saturated carbocycles. The summed E-state index contributed by atoms with van der Waals surface area (Å²) in [7, 11) is 0. The molecule has 29 heavy (non-hydrogen) atoms. The van der Waals surface area contributed by atoms with Crippen molar-refractivity contribution in [2.24, 2.45) is 0 Å². The molecule has 2 aromatic carbocycles. The van der Waals surface area contributed by atoms with Gasteiger partial charge in [0.1, 0.15) is 12.1 Å². The van der Waals surface area contributed by atoms with E-state index < -0.39 is 17.5 Å². The lowest BCUT2D eigenvalue weighted by Gasteiger charge is -2.21. The molecule has 1 saturated heterocycles. The number of hydrogen-bond donors (Lipinski definition) is 2. The molecule has 1 fully saturated rings. The third-order valence-electron chi connectivity index (χ3n) is 5.46. The summed E-state index contributed by atoms with van der Waals surface area (Å²) in [5.74, 6) is -0.720. The molecular formula is C23H29N3O3. The van der Waals surface area contributed by atoms with Gasteiger partial charge in [-0.3, -0.25) is 14.5 Å². The maximum atomic E-state index is 12.8. The largest absolute Gasteiger partial charge is 0.325 e. The van der Waals surface area contributed by atoms with Crippen LogP contribution in [-0.4, -0.2) is 34.8 Å². The van der Waals surface area contributed by atoms with Crippen molar-refractivity contribution < 1.29 is 14.4 Å². The van der Waals surface area contributed by atoms with Gasteiger partial charge in [0, 0.05) is 5.69 Å². The molecule has 1 atom stereocenters. The second-order valence-electron chi connectivity index (χ2n) is 7.93. The minimum Gasteiger partial charge on any atom is -0.325 e. The van der Waals surface area contributed by atoms with Gasteiger partial charge in [-0.25, -0.2) is 4.79 Å². The van der Waals surface area contributed by atoms with Crippen molar-refractivity contribution in [3.05, 3.63) is 42.5 Å². The fourth-order valence-corrected chi connectivity index (χ4v) is 3.75. The van der Waals surface area contributed by atoms with E-state index in [1.807, 2.05) is 42.5 Å². The fraction of sp³-hybridized carbons (Fsp3) is 0.435. The quantitative estimate of drug-likeness (QED) is 0.486. The molecule has 4 amide bonds. The highest BCUT2D eigenvalue weighted by Gasteiger charge is 2.47. The van der Waals surface area contributed by atoms with E-state index in [1.54, 1.807) is 6.92 Å². The van der Waals surface area contributed by atoms with Crippen molar-refractivity contribution in [3.8, 4) is 0 Å². The second kappa shape index (κ2) is 9.07. The minimum atomic E-state index is -0.924. The first kappa shape index (κ1) is 20.8. The van der Waals surface area contributed by atoms with Gasteiger partial charge < -0.3 is 10.6 Å². The number of unbranched alkanes of at least 4 members (excludes halogenated alkanes) is 4. The smallest absolute Gasteiger partial charge is 0.325 e.